The van der Waals surface area contributed by atoms with Crippen molar-refractivity contribution in [2.24, 2.45) is 0 Å². The number of anilines is 2. The molecule has 122 valence electrons. The highest BCUT2D eigenvalue weighted by molar-refractivity contribution is 6.36. The van der Waals surface area contributed by atoms with E-state index in [1.165, 1.54) is 18.2 Å². The number of hydrogen-bond acceptors (Lipinski definition) is 3. The Bertz CT molecular complexity index is 835. The lowest BCUT2D eigenvalue weighted by atomic mass is 10.1. The van der Waals surface area contributed by atoms with Crippen LogP contribution in [-0.2, 0) is 9.59 Å². The number of hydrogen-bond donors (Lipinski definition) is 1. The molecule has 0 aliphatic carbocycles. The fourth-order valence-electron chi connectivity index (χ4n) is 2.44. The molecule has 24 heavy (non-hydrogen) atoms. The summed E-state index contributed by atoms with van der Waals surface area (Å²) < 4.78 is 0. The highest BCUT2D eigenvalue weighted by atomic mass is 35.5. The molecular formula is C17H12Cl2N2O3. The van der Waals surface area contributed by atoms with Crippen molar-refractivity contribution in [2.45, 2.75) is 12.8 Å². The smallest absolute Gasteiger partial charge is 0.257 e. The van der Waals surface area contributed by atoms with Crippen LogP contribution in [0, 0.1) is 0 Å². The SMILES string of the molecule is O=C(Nc1ccccc1Cl)c1cc(N2C(=O)CCC2=O)ccc1Cl. The lowest BCUT2D eigenvalue weighted by Gasteiger charge is -2.16. The van der Waals surface area contributed by atoms with Crippen molar-refractivity contribution in [3.8, 4) is 0 Å². The van der Waals surface area contributed by atoms with Gasteiger partial charge in [-0.05, 0) is 30.3 Å². The quantitative estimate of drug-likeness (QED) is 0.842. The van der Waals surface area contributed by atoms with Crippen LogP contribution in [0.3, 0.4) is 0 Å². The molecule has 3 rings (SSSR count). The Morgan fingerprint density at radius 2 is 1.62 bits per heavy atom. The molecule has 3 amide bonds. The van der Waals surface area contributed by atoms with Gasteiger partial charge in [-0.3, -0.25) is 19.3 Å². The second-order valence-corrected chi connectivity index (χ2v) is 6.04. The zero-order valence-corrected chi connectivity index (χ0v) is 13.9. The Morgan fingerprint density at radius 3 is 2.29 bits per heavy atom. The number of nitrogens with one attached hydrogen (secondary N) is 1. The van der Waals surface area contributed by atoms with Crippen molar-refractivity contribution in [1.82, 2.24) is 0 Å². The summed E-state index contributed by atoms with van der Waals surface area (Å²) in [5, 5.41) is 3.27. The number of para-hydroxylation sites is 1. The summed E-state index contributed by atoms with van der Waals surface area (Å²) in [7, 11) is 0. The summed E-state index contributed by atoms with van der Waals surface area (Å²) in [6.07, 6.45) is 0.339. The zero-order chi connectivity index (χ0) is 17.3. The van der Waals surface area contributed by atoms with Gasteiger partial charge in [0.2, 0.25) is 11.8 Å². The average Bonchev–Trinajstić information content (AvgIpc) is 2.89. The molecule has 1 aliphatic heterocycles. The summed E-state index contributed by atoms with van der Waals surface area (Å²) in [5.74, 6) is -1.06. The lowest BCUT2D eigenvalue weighted by molar-refractivity contribution is -0.121. The molecule has 2 aromatic rings. The van der Waals surface area contributed by atoms with E-state index in [4.69, 9.17) is 23.2 Å². The van der Waals surface area contributed by atoms with Crippen LogP contribution in [0.4, 0.5) is 11.4 Å². The third kappa shape index (κ3) is 3.13. The zero-order valence-electron chi connectivity index (χ0n) is 12.4. The van der Waals surface area contributed by atoms with Crippen LogP contribution >= 0.6 is 23.2 Å². The van der Waals surface area contributed by atoms with E-state index in [2.05, 4.69) is 5.32 Å². The number of amides is 3. The van der Waals surface area contributed by atoms with Gasteiger partial charge in [0.1, 0.15) is 0 Å². The predicted molar refractivity (Wildman–Crippen MR) is 92.6 cm³/mol. The molecule has 2 aromatic carbocycles. The van der Waals surface area contributed by atoms with Gasteiger partial charge in [0.25, 0.3) is 5.91 Å². The molecule has 0 spiro atoms. The first-order chi connectivity index (χ1) is 11.5. The van der Waals surface area contributed by atoms with E-state index in [9.17, 15) is 14.4 Å². The summed E-state index contributed by atoms with van der Waals surface area (Å²) >= 11 is 12.1. The van der Waals surface area contributed by atoms with Crippen molar-refractivity contribution in [1.29, 1.82) is 0 Å². The first-order valence-electron chi connectivity index (χ1n) is 7.18. The van der Waals surface area contributed by atoms with Crippen LogP contribution in [0.1, 0.15) is 23.2 Å². The van der Waals surface area contributed by atoms with Crippen molar-refractivity contribution in [3.63, 3.8) is 0 Å². The van der Waals surface area contributed by atoms with Gasteiger partial charge in [-0.25, -0.2) is 0 Å². The molecule has 0 saturated carbocycles. The molecule has 0 radical (unpaired) electrons. The van der Waals surface area contributed by atoms with Crippen LogP contribution in [0.25, 0.3) is 0 Å². The van der Waals surface area contributed by atoms with Gasteiger partial charge < -0.3 is 5.32 Å². The first-order valence-corrected chi connectivity index (χ1v) is 7.94. The molecule has 7 heteroatoms. The van der Waals surface area contributed by atoms with Crippen LogP contribution in [0.15, 0.2) is 42.5 Å². The van der Waals surface area contributed by atoms with E-state index >= 15 is 0 Å². The summed E-state index contributed by atoms with van der Waals surface area (Å²) in [6.45, 7) is 0. The van der Waals surface area contributed by atoms with Gasteiger partial charge >= 0.3 is 0 Å². The average molecular weight is 363 g/mol. The molecule has 0 aromatic heterocycles. The largest absolute Gasteiger partial charge is 0.321 e. The molecule has 1 fully saturated rings. The number of carbonyl (C=O) groups excluding carboxylic acids is 3. The molecule has 1 aliphatic rings. The molecule has 5 nitrogen and oxygen atoms in total. The maximum Gasteiger partial charge on any atom is 0.257 e. The van der Waals surface area contributed by atoms with Gasteiger partial charge in [-0.15, -0.1) is 0 Å². The molecular weight excluding hydrogens is 351 g/mol. The van der Waals surface area contributed by atoms with Gasteiger partial charge in [0, 0.05) is 12.8 Å². The standard InChI is InChI=1S/C17H12Cl2N2O3/c18-12-6-5-10(21-15(22)7-8-16(21)23)9-11(12)17(24)20-14-4-2-1-3-13(14)19/h1-6,9H,7-8H2,(H,20,24). The van der Waals surface area contributed by atoms with Crippen molar-refractivity contribution >= 4 is 52.3 Å². The third-order valence-corrected chi connectivity index (χ3v) is 4.29. The fourth-order valence-corrected chi connectivity index (χ4v) is 2.83. The van der Waals surface area contributed by atoms with E-state index < -0.39 is 5.91 Å². The maximum atomic E-state index is 12.5. The van der Waals surface area contributed by atoms with Crippen molar-refractivity contribution in [3.05, 3.63) is 58.1 Å². The highest BCUT2D eigenvalue weighted by Crippen LogP contribution is 2.28. The Hall–Kier alpha value is -2.37. The predicted octanol–water partition coefficient (Wildman–Crippen LogP) is 3.90. The highest BCUT2D eigenvalue weighted by Gasteiger charge is 2.31. The topological polar surface area (TPSA) is 66.5 Å². The van der Waals surface area contributed by atoms with E-state index in [0.717, 1.165) is 4.90 Å². The number of rotatable bonds is 3. The van der Waals surface area contributed by atoms with E-state index in [1.807, 2.05) is 0 Å². The molecule has 0 atom stereocenters. The second-order valence-electron chi connectivity index (χ2n) is 5.22. The number of nitrogens with zero attached hydrogens (tertiary/aromatic N) is 1. The fraction of sp³-hybridized carbons (Fsp3) is 0.118. The van der Waals surface area contributed by atoms with Crippen LogP contribution < -0.4 is 10.2 Å². The lowest BCUT2D eigenvalue weighted by Crippen LogP contribution is -2.28. The minimum absolute atomic E-state index is 0.154. The van der Waals surface area contributed by atoms with E-state index in [1.54, 1.807) is 24.3 Å². The first kappa shape index (κ1) is 16.5. The summed E-state index contributed by atoms with van der Waals surface area (Å²) in [6, 6.07) is 11.2. The molecule has 1 heterocycles. The Kier molecular flexibility index (Phi) is 4.55. The second kappa shape index (κ2) is 6.63. The van der Waals surface area contributed by atoms with Crippen LogP contribution in [-0.4, -0.2) is 17.7 Å². The monoisotopic (exact) mass is 362 g/mol. The van der Waals surface area contributed by atoms with Gasteiger partial charge in [-0.1, -0.05) is 35.3 Å². The van der Waals surface area contributed by atoms with Gasteiger partial charge in [-0.2, -0.15) is 0 Å². The molecule has 0 bridgehead atoms. The number of carbonyl (C=O) groups is 3. The number of benzene rings is 2. The molecule has 1 saturated heterocycles. The third-order valence-electron chi connectivity index (χ3n) is 3.63. The van der Waals surface area contributed by atoms with E-state index in [0.29, 0.717) is 16.4 Å². The number of imide groups is 1. The number of halogens is 2. The minimum Gasteiger partial charge on any atom is -0.321 e. The van der Waals surface area contributed by atoms with Crippen molar-refractivity contribution < 1.29 is 14.4 Å². The van der Waals surface area contributed by atoms with Gasteiger partial charge in [0.05, 0.1) is 27.0 Å². The normalized spacial score (nSPS) is 14.2. The summed E-state index contributed by atoms with van der Waals surface area (Å²) in [5.41, 5.74) is 0.928. The van der Waals surface area contributed by atoms with Crippen molar-refractivity contribution in [2.75, 3.05) is 10.2 Å². The Balaban J connectivity index is 1.92. The minimum atomic E-state index is -0.478. The molecule has 0 unspecified atom stereocenters. The van der Waals surface area contributed by atoms with E-state index in [-0.39, 0.29) is 35.2 Å². The van der Waals surface area contributed by atoms with Crippen LogP contribution in [0.5, 0.6) is 0 Å². The maximum absolute atomic E-state index is 12.5. The Morgan fingerprint density at radius 1 is 0.958 bits per heavy atom. The molecule has 1 N–H and O–H groups in total. The van der Waals surface area contributed by atoms with Crippen LogP contribution in [0.2, 0.25) is 10.0 Å². The Labute approximate surface area is 148 Å². The van der Waals surface area contributed by atoms with Gasteiger partial charge in [0.15, 0.2) is 0 Å². The summed E-state index contributed by atoms with van der Waals surface area (Å²) in [4.78, 5) is 37.2.